The van der Waals surface area contributed by atoms with Gasteiger partial charge in [-0.1, -0.05) is 0 Å². The first-order chi connectivity index (χ1) is 6.50. The molecule has 1 heterocycles. The molecule has 0 spiro atoms. The molecule has 7 heteroatoms. The van der Waals surface area contributed by atoms with Crippen molar-refractivity contribution in [2.24, 2.45) is 7.05 Å². The van der Waals surface area contributed by atoms with E-state index >= 15 is 0 Å². The van der Waals surface area contributed by atoms with Crippen molar-refractivity contribution in [3.8, 4) is 0 Å². The summed E-state index contributed by atoms with van der Waals surface area (Å²) in [7, 11) is 1.78. The van der Waals surface area contributed by atoms with Crippen LogP contribution in [-0.2, 0) is 7.05 Å². The molecular weight excluding hydrogens is 320 g/mol. The Labute approximate surface area is 93.7 Å². The van der Waals surface area contributed by atoms with Gasteiger partial charge in [0.25, 0.3) is 0 Å². The Hall–Kier alpha value is 0.159. The first-order valence-electron chi connectivity index (χ1n) is 3.72. The Balaban J connectivity index is 2.75. The number of hydrogen-bond donors (Lipinski definition) is 4. The minimum absolute atomic E-state index is 0.413. The van der Waals surface area contributed by atoms with Crippen molar-refractivity contribution in [3.05, 3.63) is 12.1 Å². The van der Waals surface area contributed by atoms with Crippen LogP contribution in [0.25, 0.3) is 0 Å². The van der Waals surface area contributed by atoms with Crippen molar-refractivity contribution in [3.63, 3.8) is 0 Å². The van der Waals surface area contributed by atoms with Gasteiger partial charge in [-0.05, 0) is 0 Å². The number of hydrogen-bond acceptors (Lipinski definition) is 4. The topological polar surface area (TPSA) is 85.9 Å². The summed E-state index contributed by atoms with van der Waals surface area (Å²) in [5.74, 6) is 0. The van der Waals surface area contributed by atoms with Crippen LogP contribution in [0.2, 0.25) is 0 Å². The van der Waals surface area contributed by atoms with Gasteiger partial charge in [0.15, 0.2) is 0 Å². The van der Waals surface area contributed by atoms with Crippen LogP contribution < -0.4 is 9.18 Å². The van der Waals surface area contributed by atoms with E-state index in [1.165, 1.54) is 0 Å². The molecule has 0 aliphatic heterocycles. The quantitative estimate of drug-likeness (QED) is 0.337. The van der Waals surface area contributed by atoms with Crippen molar-refractivity contribution in [1.82, 2.24) is 4.57 Å². The van der Waals surface area contributed by atoms with E-state index in [-0.39, 0.29) is 0 Å². The molecule has 1 rings (SSSR count). The van der Waals surface area contributed by atoms with E-state index in [4.69, 9.17) is 20.4 Å². The third-order valence-electron chi connectivity index (χ3n) is 1.48. The second kappa shape index (κ2) is 5.30. The fraction of sp³-hybridized carbons (Fsp3) is 0.429. The number of aliphatic hydroxyl groups excluding tert-OH is 2. The molecule has 0 saturated heterocycles. The van der Waals surface area contributed by atoms with Gasteiger partial charge >= 0.3 is 93.6 Å². The monoisotopic (exact) mass is 333 g/mol. The van der Waals surface area contributed by atoms with Gasteiger partial charge in [0, 0.05) is 0 Å². The van der Waals surface area contributed by atoms with E-state index in [0.29, 0.717) is 0 Å². The Morgan fingerprint density at radius 3 is 1.64 bits per heavy atom. The zero-order chi connectivity index (χ0) is 10.7. The molecular formula is C7H11NO4Se2. The zero-order valence-corrected chi connectivity index (χ0v) is 10.8. The molecule has 0 aliphatic rings. The van der Waals surface area contributed by atoms with Crippen LogP contribution >= 0.6 is 0 Å². The molecule has 5 nitrogen and oxygen atoms in total. The molecule has 0 radical (unpaired) electrons. The van der Waals surface area contributed by atoms with E-state index in [9.17, 15) is 0 Å². The SMILES string of the molecule is Cn1c([Se]C(O)O)ccc1[Se]C(O)O. The molecule has 4 N–H and O–H groups in total. The fourth-order valence-electron chi connectivity index (χ4n) is 0.927. The fourth-order valence-corrected chi connectivity index (χ4v) is 3.82. The van der Waals surface area contributed by atoms with E-state index in [0.717, 1.165) is 9.18 Å². The Morgan fingerprint density at radius 2 is 1.36 bits per heavy atom. The maximum absolute atomic E-state index is 8.80. The Bertz CT molecular complexity index is 272. The second-order valence-corrected chi connectivity index (χ2v) is 6.97. The van der Waals surface area contributed by atoms with Gasteiger partial charge in [0.1, 0.15) is 0 Å². The van der Waals surface area contributed by atoms with Crippen LogP contribution in [0.4, 0.5) is 0 Å². The van der Waals surface area contributed by atoms with Gasteiger partial charge in [-0.3, -0.25) is 0 Å². The van der Waals surface area contributed by atoms with Crippen molar-refractivity contribution in [1.29, 1.82) is 0 Å². The molecule has 0 aromatic carbocycles. The van der Waals surface area contributed by atoms with E-state index in [1.807, 2.05) is 0 Å². The predicted octanol–water partition coefficient (Wildman–Crippen LogP) is -3.78. The van der Waals surface area contributed by atoms with Crippen LogP contribution in [0.5, 0.6) is 0 Å². The van der Waals surface area contributed by atoms with Crippen molar-refractivity contribution in [2.45, 2.75) is 10.4 Å². The van der Waals surface area contributed by atoms with Crippen molar-refractivity contribution >= 4 is 39.1 Å². The van der Waals surface area contributed by atoms with Crippen LogP contribution in [0.1, 0.15) is 0 Å². The van der Waals surface area contributed by atoms with Crippen LogP contribution in [0, 0.1) is 0 Å². The molecule has 1 aromatic heterocycles. The van der Waals surface area contributed by atoms with Gasteiger partial charge in [0.2, 0.25) is 0 Å². The first-order valence-corrected chi connectivity index (χ1v) is 7.41. The summed E-state index contributed by atoms with van der Waals surface area (Å²) >= 11 is -0.826. The summed E-state index contributed by atoms with van der Waals surface area (Å²) in [6.45, 7) is 0. The molecule has 0 fully saturated rings. The molecule has 0 atom stereocenters. The van der Waals surface area contributed by atoms with Crippen molar-refractivity contribution in [2.75, 3.05) is 0 Å². The van der Waals surface area contributed by atoms with E-state index in [1.54, 1.807) is 23.7 Å². The summed E-state index contributed by atoms with van der Waals surface area (Å²) in [6.07, 6.45) is 0. The summed E-state index contributed by atoms with van der Waals surface area (Å²) < 4.78 is 3.42. The van der Waals surface area contributed by atoms with Gasteiger partial charge in [-0.25, -0.2) is 0 Å². The van der Waals surface area contributed by atoms with Crippen LogP contribution in [0.3, 0.4) is 0 Å². The zero-order valence-electron chi connectivity index (χ0n) is 7.36. The predicted molar refractivity (Wildman–Crippen MR) is 52.6 cm³/mol. The summed E-state index contributed by atoms with van der Waals surface area (Å²) in [5, 5.41) is 32.6. The normalized spacial score (nSPS) is 11.6. The molecule has 80 valence electrons. The third kappa shape index (κ3) is 3.38. The third-order valence-corrected chi connectivity index (χ3v) is 5.10. The van der Waals surface area contributed by atoms with Gasteiger partial charge in [-0.15, -0.1) is 0 Å². The van der Waals surface area contributed by atoms with Crippen LogP contribution in [0.15, 0.2) is 12.1 Å². The summed E-state index contributed by atoms with van der Waals surface area (Å²) in [6, 6.07) is 3.55. The van der Waals surface area contributed by atoms with Gasteiger partial charge in [-0.2, -0.15) is 0 Å². The maximum atomic E-state index is 8.80. The minimum atomic E-state index is -1.31. The molecule has 1 aromatic rings. The molecule has 14 heavy (non-hydrogen) atoms. The average Bonchev–Trinajstić information content (AvgIpc) is 2.34. The average molecular weight is 331 g/mol. The molecule has 0 bridgehead atoms. The number of aromatic nitrogens is 1. The van der Waals surface area contributed by atoms with E-state index in [2.05, 4.69) is 0 Å². The van der Waals surface area contributed by atoms with Gasteiger partial charge in [0.05, 0.1) is 0 Å². The number of rotatable bonds is 4. The van der Waals surface area contributed by atoms with Crippen LogP contribution in [-0.4, -0.2) is 65.3 Å². The number of nitrogens with zero attached hydrogens (tertiary/aromatic N) is 1. The molecule has 0 aliphatic carbocycles. The van der Waals surface area contributed by atoms with E-state index < -0.39 is 40.3 Å². The first kappa shape index (κ1) is 12.2. The molecule has 0 saturated carbocycles. The Kier molecular flexibility index (Phi) is 4.63. The number of aliphatic hydroxyl groups is 4. The molecule has 0 amide bonds. The summed E-state index contributed by atoms with van der Waals surface area (Å²) in [4.78, 5) is 0. The second-order valence-electron chi connectivity index (χ2n) is 2.46. The van der Waals surface area contributed by atoms with Gasteiger partial charge < -0.3 is 0 Å². The standard InChI is InChI=1S/C7H11NO4Se2/c1-8-4(13-6(9)10)2-3-5(8)14-7(11)12/h2-3,6-7,9-12H,1H3. The van der Waals surface area contributed by atoms with Crippen molar-refractivity contribution < 1.29 is 20.4 Å². The molecule has 0 unspecified atom stereocenters. The summed E-state index contributed by atoms with van der Waals surface area (Å²) in [5.41, 5.74) is 0. The Morgan fingerprint density at radius 1 is 1.00 bits per heavy atom.